The zero-order valence-electron chi connectivity index (χ0n) is 18.8. The number of nitrogens with one attached hydrogen (secondary N) is 1. The number of carbonyl (C=O) groups excluding carboxylic acids is 1. The molecule has 0 fully saturated rings. The van der Waals surface area contributed by atoms with Gasteiger partial charge in [-0.1, -0.05) is 0 Å². The van der Waals surface area contributed by atoms with Crippen LogP contribution in [0.5, 0.6) is 0 Å². The van der Waals surface area contributed by atoms with Crippen LogP contribution in [0.1, 0.15) is 18.2 Å². The number of pyridine rings is 1. The zero-order valence-corrected chi connectivity index (χ0v) is 19.6. The molecular formula is C17H23F3N8O7S. The predicted octanol–water partition coefficient (Wildman–Crippen LogP) is -1.05. The summed E-state index contributed by atoms with van der Waals surface area (Å²) in [6.07, 6.45) is -2.52. The van der Waals surface area contributed by atoms with E-state index in [9.17, 15) is 31.2 Å². The van der Waals surface area contributed by atoms with Gasteiger partial charge in [-0.15, -0.1) is 0 Å². The van der Waals surface area contributed by atoms with Crippen LogP contribution in [0.4, 0.5) is 18.9 Å². The first-order chi connectivity index (χ1) is 16.5. The number of carboxylic acids is 1. The van der Waals surface area contributed by atoms with E-state index in [-0.39, 0.29) is 29.7 Å². The van der Waals surface area contributed by atoms with Gasteiger partial charge in [0.1, 0.15) is 18.3 Å². The maximum absolute atomic E-state index is 12.9. The highest BCUT2D eigenvalue weighted by molar-refractivity contribution is 7.92. The minimum atomic E-state index is -5.08. The van der Waals surface area contributed by atoms with Crippen LogP contribution >= 0.6 is 0 Å². The summed E-state index contributed by atoms with van der Waals surface area (Å²) in [6, 6.07) is 1.66. The van der Waals surface area contributed by atoms with Crippen molar-refractivity contribution in [3.05, 3.63) is 40.7 Å². The van der Waals surface area contributed by atoms with Gasteiger partial charge in [-0.05, 0) is 24.2 Å². The van der Waals surface area contributed by atoms with Crippen LogP contribution < -0.4 is 27.5 Å². The number of sulfonamides is 1. The number of alkyl halides is 3. The highest BCUT2D eigenvalue weighted by Crippen LogP contribution is 2.17. The molecule has 36 heavy (non-hydrogen) atoms. The fourth-order valence-electron chi connectivity index (χ4n) is 2.52. The summed E-state index contributed by atoms with van der Waals surface area (Å²) in [5.41, 5.74) is 15.1. The minimum Gasteiger partial charge on any atom is -0.475 e. The van der Waals surface area contributed by atoms with Crippen LogP contribution in [0.3, 0.4) is 0 Å². The number of carbonyl (C=O) groups is 2. The largest absolute Gasteiger partial charge is 0.490 e. The van der Waals surface area contributed by atoms with Crippen LogP contribution in [0.25, 0.3) is 0 Å². The smallest absolute Gasteiger partial charge is 0.475 e. The van der Waals surface area contributed by atoms with Crippen LogP contribution in [0.2, 0.25) is 0 Å². The van der Waals surface area contributed by atoms with Crippen molar-refractivity contribution in [3.8, 4) is 0 Å². The molecule has 8 N–H and O–H groups in total. The Kier molecular flexibility index (Phi) is 9.84. The van der Waals surface area contributed by atoms with Crippen LogP contribution in [-0.2, 0) is 31.5 Å². The van der Waals surface area contributed by atoms with Gasteiger partial charge in [-0.25, -0.2) is 9.78 Å². The number of amides is 1. The number of rotatable bonds is 9. The standard InChI is InChI=1S/C15H22N8O5S.C2HF3O2/c1-9-3-4-10(21-29(26,27)12-7-22(2)8-19-12)14(25)23(9)11(13(16)24)5-6-28-20-15(17)18;3-2(4,5)1(6)7/h3-4,7-8,11,21H,5-6H2,1-2H3,(H2,16,24)(H4,17,18,20);(H,6,7). The molecule has 0 aromatic carbocycles. The molecule has 19 heteroatoms. The van der Waals surface area contributed by atoms with Crippen molar-refractivity contribution in [1.82, 2.24) is 14.1 Å². The summed E-state index contributed by atoms with van der Waals surface area (Å²) in [5, 5.41) is 10.2. The quantitative estimate of drug-likeness (QED) is 0.112. The van der Waals surface area contributed by atoms with Gasteiger partial charge in [-0.3, -0.25) is 18.9 Å². The van der Waals surface area contributed by atoms with Crippen molar-refractivity contribution in [3.63, 3.8) is 0 Å². The summed E-state index contributed by atoms with van der Waals surface area (Å²) >= 11 is 0. The van der Waals surface area contributed by atoms with E-state index in [1.807, 2.05) is 0 Å². The minimum absolute atomic E-state index is 0.0245. The van der Waals surface area contributed by atoms with E-state index in [4.69, 9.17) is 31.9 Å². The molecule has 1 amide bonds. The number of aromatic nitrogens is 3. The number of guanidine groups is 1. The van der Waals surface area contributed by atoms with E-state index >= 15 is 0 Å². The molecule has 0 radical (unpaired) electrons. The molecule has 15 nitrogen and oxygen atoms in total. The second kappa shape index (κ2) is 11.9. The summed E-state index contributed by atoms with van der Waals surface area (Å²) < 4.78 is 61.4. The second-order valence-corrected chi connectivity index (χ2v) is 8.53. The fourth-order valence-corrected chi connectivity index (χ4v) is 3.56. The number of halogens is 3. The Morgan fingerprint density at radius 2 is 1.86 bits per heavy atom. The summed E-state index contributed by atoms with van der Waals surface area (Å²) in [5.74, 6) is -3.87. The Hall–Kier alpha value is -4.29. The number of primary amides is 1. The van der Waals surface area contributed by atoms with Crippen LogP contribution in [-0.4, -0.2) is 58.3 Å². The normalized spacial score (nSPS) is 12.0. The maximum Gasteiger partial charge on any atom is 0.490 e. The van der Waals surface area contributed by atoms with Crippen molar-refractivity contribution in [2.24, 2.45) is 29.4 Å². The highest BCUT2D eigenvalue weighted by atomic mass is 32.2. The Morgan fingerprint density at radius 1 is 1.28 bits per heavy atom. The number of hydrogen-bond acceptors (Lipinski definition) is 8. The Bertz CT molecular complexity index is 1280. The number of aryl methyl sites for hydroxylation is 2. The van der Waals surface area contributed by atoms with Gasteiger partial charge in [0.15, 0.2) is 5.03 Å². The van der Waals surface area contributed by atoms with E-state index in [0.717, 1.165) is 4.57 Å². The molecule has 1 unspecified atom stereocenters. The van der Waals surface area contributed by atoms with Gasteiger partial charge in [0.2, 0.25) is 11.9 Å². The van der Waals surface area contributed by atoms with Gasteiger partial charge >= 0.3 is 12.1 Å². The third kappa shape index (κ3) is 8.49. The van der Waals surface area contributed by atoms with Gasteiger partial charge in [-0.2, -0.15) is 21.6 Å². The van der Waals surface area contributed by atoms with Crippen molar-refractivity contribution in [2.75, 3.05) is 11.3 Å². The molecule has 2 rings (SSSR count). The molecule has 200 valence electrons. The number of anilines is 1. The van der Waals surface area contributed by atoms with Crippen molar-refractivity contribution >= 4 is 33.5 Å². The molecule has 0 saturated heterocycles. The number of nitrogens with two attached hydrogens (primary N) is 3. The molecule has 0 aliphatic heterocycles. The van der Waals surface area contributed by atoms with Crippen molar-refractivity contribution in [1.29, 1.82) is 0 Å². The van der Waals surface area contributed by atoms with E-state index in [1.54, 1.807) is 14.0 Å². The molecule has 0 saturated carbocycles. The van der Waals surface area contributed by atoms with E-state index in [2.05, 4.69) is 14.9 Å². The number of aliphatic carboxylic acids is 1. The first-order valence-corrected chi connectivity index (χ1v) is 11.0. The molecule has 1 atom stereocenters. The summed E-state index contributed by atoms with van der Waals surface area (Å²) in [7, 11) is -2.50. The zero-order chi connectivity index (χ0) is 27.8. The van der Waals surface area contributed by atoms with Gasteiger partial charge in [0.25, 0.3) is 15.6 Å². The second-order valence-electron chi connectivity index (χ2n) is 6.91. The molecule has 2 aromatic rings. The molecule has 0 spiro atoms. The number of nitrogens with zero attached hydrogens (tertiary/aromatic N) is 4. The topological polar surface area (TPSA) is 240 Å². The van der Waals surface area contributed by atoms with E-state index < -0.39 is 39.7 Å². The third-order valence-electron chi connectivity index (χ3n) is 4.06. The lowest BCUT2D eigenvalue weighted by molar-refractivity contribution is -0.192. The lowest BCUT2D eigenvalue weighted by atomic mass is 10.1. The Balaban J connectivity index is 0.000000809. The third-order valence-corrected chi connectivity index (χ3v) is 5.31. The van der Waals surface area contributed by atoms with Gasteiger partial charge in [0.05, 0.1) is 6.33 Å². The van der Waals surface area contributed by atoms with E-state index in [1.165, 1.54) is 29.2 Å². The Morgan fingerprint density at radius 3 is 2.31 bits per heavy atom. The molecule has 0 aliphatic rings. The maximum atomic E-state index is 12.9. The average molecular weight is 540 g/mol. The van der Waals surface area contributed by atoms with Gasteiger partial charge < -0.3 is 31.7 Å². The van der Waals surface area contributed by atoms with Gasteiger partial charge in [0, 0.05) is 25.4 Å². The number of hydrogen-bond donors (Lipinski definition) is 5. The van der Waals surface area contributed by atoms with E-state index in [0.29, 0.717) is 5.69 Å². The molecule has 2 heterocycles. The van der Waals surface area contributed by atoms with Crippen LogP contribution in [0.15, 0.2) is 39.6 Å². The monoisotopic (exact) mass is 540 g/mol. The SMILES string of the molecule is Cc1ccc(NS(=O)(=O)c2cn(C)cn2)c(=O)n1C(CCON=C(N)N)C(N)=O.O=C(O)C(F)(F)F. The average Bonchev–Trinajstić information content (AvgIpc) is 3.18. The number of carboxylic acid groups (broad SMARTS) is 1. The molecule has 0 aliphatic carbocycles. The van der Waals surface area contributed by atoms with Crippen molar-refractivity contribution < 1.29 is 41.1 Å². The fraction of sp³-hybridized carbons (Fsp3) is 0.353. The lowest BCUT2D eigenvalue weighted by Crippen LogP contribution is -2.37. The summed E-state index contributed by atoms with van der Waals surface area (Å²) in [6.45, 7) is 1.46. The molecule has 0 bridgehead atoms. The predicted molar refractivity (Wildman–Crippen MR) is 118 cm³/mol. The molecular weight excluding hydrogens is 517 g/mol. The first-order valence-electron chi connectivity index (χ1n) is 9.50. The van der Waals surface area contributed by atoms with Crippen LogP contribution in [0, 0.1) is 6.92 Å². The summed E-state index contributed by atoms with van der Waals surface area (Å²) in [4.78, 5) is 42.3. The lowest BCUT2D eigenvalue weighted by Gasteiger charge is -2.20. The molecule has 2 aromatic heterocycles. The number of imidazole rings is 1. The Labute approximate surface area is 201 Å². The number of oxime groups is 1. The first kappa shape index (κ1) is 29.7. The highest BCUT2D eigenvalue weighted by Gasteiger charge is 2.38. The van der Waals surface area contributed by atoms with Crippen molar-refractivity contribution in [2.45, 2.75) is 30.6 Å².